The molecule has 0 radical (unpaired) electrons. The van der Waals surface area contributed by atoms with Gasteiger partial charge in [-0.25, -0.2) is 9.97 Å². The lowest BCUT2D eigenvalue weighted by molar-refractivity contribution is -0.144. The Morgan fingerprint density at radius 2 is 1.66 bits per heavy atom. The van der Waals surface area contributed by atoms with Crippen LogP contribution < -0.4 is 25.2 Å². The van der Waals surface area contributed by atoms with E-state index < -0.39 is 51.6 Å². The van der Waals surface area contributed by atoms with Gasteiger partial charge in [-0.3, -0.25) is 14.1 Å². The van der Waals surface area contributed by atoms with Crippen molar-refractivity contribution in [2.75, 3.05) is 55.4 Å². The lowest BCUT2D eigenvalue weighted by Gasteiger charge is -2.34. The number of halogens is 6. The maximum absolute atomic E-state index is 14.0. The quantitative estimate of drug-likeness (QED) is 0.190. The van der Waals surface area contributed by atoms with Gasteiger partial charge in [0, 0.05) is 45.2 Å². The predicted octanol–water partition coefficient (Wildman–Crippen LogP) is 4.24. The number of rotatable bonds is 14. The summed E-state index contributed by atoms with van der Waals surface area (Å²) in [6, 6.07) is 3.72. The van der Waals surface area contributed by atoms with Gasteiger partial charge in [0.05, 0.1) is 18.4 Å². The minimum Gasteiger partial charge on any atom is -0.496 e. The summed E-state index contributed by atoms with van der Waals surface area (Å²) in [4.78, 5) is 36.0. The largest absolute Gasteiger partial charge is 0.496 e. The Balaban J connectivity index is 1.35. The van der Waals surface area contributed by atoms with Gasteiger partial charge in [-0.2, -0.15) is 34.8 Å². The van der Waals surface area contributed by atoms with E-state index in [4.69, 9.17) is 9.29 Å². The van der Waals surface area contributed by atoms with Crippen molar-refractivity contribution in [3.63, 3.8) is 0 Å². The number of ether oxygens (including phenoxy) is 1. The fraction of sp³-hybridized carbons (Fsp3) is 0.613. The highest BCUT2D eigenvalue weighted by Crippen LogP contribution is 2.35. The molecule has 0 bridgehead atoms. The van der Waals surface area contributed by atoms with E-state index in [1.807, 2.05) is 0 Å². The van der Waals surface area contributed by atoms with E-state index in [-0.39, 0.29) is 61.7 Å². The second kappa shape index (κ2) is 16.4. The van der Waals surface area contributed by atoms with E-state index in [1.165, 1.54) is 24.1 Å². The van der Waals surface area contributed by atoms with Crippen molar-refractivity contribution in [3.8, 4) is 5.75 Å². The van der Waals surface area contributed by atoms with Gasteiger partial charge in [0.2, 0.25) is 17.6 Å². The summed E-state index contributed by atoms with van der Waals surface area (Å²) in [7, 11) is -2.93. The van der Waals surface area contributed by atoms with Gasteiger partial charge in [0.1, 0.15) is 23.4 Å². The summed E-state index contributed by atoms with van der Waals surface area (Å²) in [5.41, 5.74) is -0.422. The molecule has 2 saturated heterocycles. The SMILES string of the molecule is COc1cc(C(F)(F)F)ccc1CCNC(=O)C1CCCN1c1cc(N2CCC(CCCC(=O)NCCS(=O)(=O)O)CC2)nc(C(F)(F)F)n1. The highest BCUT2D eigenvalue weighted by Gasteiger charge is 2.39. The molecule has 12 nitrogen and oxygen atoms in total. The minimum atomic E-state index is -4.84. The molecular formula is C31H40F6N6O6S. The first-order chi connectivity index (χ1) is 23.4. The topological polar surface area (TPSA) is 154 Å². The number of benzene rings is 1. The molecule has 3 N–H and O–H groups in total. The number of methoxy groups -OCH3 is 1. The number of carbonyl (C=O) groups excluding carboxylic acids is 2. The van der Waals surface area contributed by atoms with Gasteiger partial charge in [0.25, 0.3) is 10.1 Å². The number of hydrogen-bond acceptors (Lipinski definition) is 9. The lowest BCUT2D eigenvalue weighted by atomic mass is 9.91. The van der Waals surface area contributed by atoms with Crippen LogP contribution in [0.25, 0.3) is 0 Å². The standard InChI is InChI=1S/C31H40F6N6O6S/c1-49-24-18-22(30(32,33)34)8-7-21(24)9-12-39-28(45)23-5-3-14-43(23)26-19-25(40-29(41-26)31(35,36)37)42-15-10-20(11-16-42)4-2-6-27(44)38-13-17-50(46,47)48/h7-8,18-20,23H,2-6,9-17H2,1H3,(H,38,44)(H,39,45)(H,46,47,48). The highest BCUT2D eigenvalue weighted by atomic mass is 32.2. The number of nitrogens with zero attached hydrogens (tertiary/aromatic N) is 4. The van der Waals surface area contributed by atoms with Gasteiger partial charge < -0.3 is 25.2 Å². The molecule has 278 valence electrons. The second-order valence-corrected chi connectivity index (χ2v) is 13.9. The van der Waals surface area contributed by atoms with Crippen LogP contribution in [-0.2, 0) is 38.5 Å². The summed E-state index contributed by atoms with van der Waals surface area (Å²) in [5, 5.41) is 5.17. The van der Waals surface area contributed by atoms with Crippen LogP contribution in [0.4, 0.5) is 38.0 Å². The molecule has 0 saturated carbocycles. The zero-order valence-corrected chi connectivity index (χ0v) is 28.1. The van der Waals surface area contributed by atoms with Crippen molar-refractivity contribution in [2.24, 2.45) is 5.92 Å². The van der Waals surface area contributed by atoms with Crippen molar-refractivity contribution in [1.29, 1.82) is 0 Å². The monoisotopic (exact) mass is 738 g/mol. The molecule has 2 aromatic rings. The molecule has 1 aromatic heterocycles. The first-order valence-electron chi connectivity index (χ1n) is 16.2. The maximum Gasteiger partial charge on any atom is 0.451 e. The molecule has 1 atom stereocenters. The molecule has 4 rings (SSSR count). The van der Waals surface area contributed by atoms with E-state index in [0.717, 1.165) is 12.1 Å². The summed E-state index contributed by atoms with van der Waals surface area (Å²) in [6.07, 6.45) is -5.66. The van der Waals surface area contributed by atoms with Crippen LogP contribution in [0.2, 0.25) is 0 Å². The minimum absolute atomic E-state index is 0.0210. The molecule has 2 amide bonds. The van der Waals surface area contributed by atoms with Crippen molar-refractivity contribution < 1.29 is 53.6 Å². The van der Waals surface area contributed by atoms with Gasteiger partial charge >= 0.3 is 12.4 Å². The summed E-state index contributed by atoms with van der Waals surface area (Å²) in [5.74, 6) is -2.41. The number of nitrogens with one attached hydrogen (secondary N) is 2. The molecule has 1 aromatic carbocycles. The zero-order chi connectivity index (χ0) is 36.7. The Morgan fingerprint density at radius 1 is 0.960 bits per heavy atom. The number of aromatic nitrogens is 2. The summed E-state index contributed by atoms with van der Waals surface area (Å²) >= 11 is 0. The Morgan fingerprint density at radius 3 is 2.30 bits per heavy atom. The van der Waals surface area contributed by atoms with Crippen LogP contribution in [-0.4, -0.2) is 86.4 Å². The first kappa shape index (κ1) is 38.9. The molecule has 3 heterocycles. The Kier molecular flexibility index (Phi) is 12.8. The average molecular weight is 739 g/mol. The third-order valence-electron chi connectivity index (χ3n) is 8.75. The normalized spacial score (nSPS) is 17.6. The van der Waals surface area contributed by atoms with Gasteiger partial charge in [-0.1, -0.05) is 6.07 Å². The Bertz CT molecular complexity index is 1600. The third kappa shape index (κ3) is 11.1. The average Bonchev–Trinajstić information content (AvgIpc) is 3.54. The molecule has 0 spiro atoms. The first-order valence-corrected chi connectivity index (χ1v) is 17.8. The predicted molar refractivity (Wildman–Crippen MR) is 170 cm³/mol. The van der Waals surface area contributed by atoms with E-state index >= 15 is 0 Å². The van der Waals surface area contributed by atoms with E-state index in [2.05, 4.69) is 20.6 Å². The third-order valence-corrected chi connectivity index (χ3v) is 9.47. The van der Waals surface area contributed by atoms with Crippen LogP contribution in [0.1, 0.15) is 61.9 Å². The lowest BCUT2D eigenvalue weighted by Crippen LogP contribution is -2.44. The number of hydrogen-bond donors (Lipinski definition) is 3. The smallest absolute Gasteiger partial charge is 0.451 e. The number of anilines is 2. The van der Waals surface area contributed by atoms with Crippen molar-refractivity contribution in [2.45, 2.75) is 69.8 Å². The van der Waals surface area contributed by atoms with Crippen LogP contribution in [0.3, 0.4) is 0 Å². The van der Waals surface area contributed by atoms with E-state index in [9.17, 15) is 44.3 Å². The van der Waals surface area contributed by atoms with Crippen molar-refractivity contribution in [3.05, 3.63) is 41.2 Å². The molecule has 50 heavy (non-hydrogen) atoms. The molecule has 2 aliphatic heterocycles. The molecule has 2 aliphatic rings. The van der Waals surface area contributed by atoms with Crippen LogP contribution in [0.15, 0.2) is 24.3 Å². The summed E-state index contributed by atoms with van der Waals surface area (Å²) in [6.45, 7) is 0.972. The van der Waals surface area contributed by atoms with E-state index in [0.29, 0.717) is 57.2 Å². The van der Waals surface area contributed by atoms with Gasteiger partial charge in [-0.05, 0) is 68.6 Å². The summed E-state index contributed by atoms with van der Waals surface area (Å²) < 4.78 is 116. The van der Waals surface area contributed by atoms with Crippen LogP contribution >= 0.6 is 0 Å². The zero-order valence-electron chi connectivity index (χ0n) is 27.3. The van der Waals surface area contributed by atoms with Gasteiger partial charge in [0.15, 0.2) is 0 Å². The van der Waals surface area contributed by atoms with Crippen LogP contribution in [0, 0.1) is 5.92 Å². The fourth-order valence-electron chi connectivity index (χ4n) is 6.15. The number of piperidine rings is 1. The Labute approximate surface area is 285 Å². The maximum atomic E-state index is 14.0. The van der Waals surface area contributed by atoms with Crippen molar-refractivity contribution in [1.82, 2.24) is 20.6 Å². The van der Waals surface area contributed by atoms with E-state index in [1.54, 1.807) is 4.90 Å². The second-order valence-electron chi connectivity index (χ2n) is 12.3. The highest BCUT2D eigenvalue weighted by molar-refractivity contribution is 7.85. The molecule has 19 heteroatoms. The number of amides is 2. The molecule has 2 fully saturated rings. The number of carbonyl (C=O) groups is 2. The Hall–Kier alpha value is -3.87. The van der Waals surface area contributed by atoms with Crippen LogP contribution in [0.5, 0.6) is 5.75 Å². The number of alkyl halides is 6. The van der Waals surface area contributed by atoms with Gasteiger partial charge in [-0.15, -0.1) is 0 Å². The van der Waals surface area contributed by atoms with Crippen molar-refractivity contribution >= 4 is 33.6 Å². The molecule has 0 aliphatic carbocycles. The molecular weight excluding hydrogens is 698 g/mol. The molecule has 1 unspecified atom stereocenters. The fourth-order valence-corrected chi connectivity index (χ4v) is 6.51.